The molecule has 0 radical (unpaired) electrons. The topological polar surface area (TPSA) is 38.8 Å². The zero-order chi connectivity index (χ0) is 20.7. The predicted octanol–water partition coefficient (Wildman–Crippen LogP) is 6.16. The van der Waals surface area contributed by atoms with Crippen molar-refractivity contribution in [1.82, 2.24) is 4.90 Å². The van der Waals surface area contributed by atoms with Crippen LogP contribution in [0.3, 0.4) is 0 Å². The van der Waals surface area contributed by atoms with Gasteiger partial charge in [0, 0.05) is 6.54 Å². The van der Waals surface area contributed by atoms with Gasteiger partial charge in [-0.3, -0.25) is 0 Å². The molecule has 0 saturated carbocycles. The van der Waals surface area contributed by atoms with Gasteiger partial charge in [-0.2, -0.15) is 0 Å². The fourth-order valence-electron chi connectivity index (χ4n) is 3.71. The Morgan fingerprint density at radius 1 is 1.03 bits per heavy atom. The molecule has 1 fully saturated rings. The number of amides is 1. The van der Waals surface area contributed by atoms with Crippen molar-refractivity contribution in [2.24, 2.45) is 0 Å². The van der Waals surface area contributed by atoms with E-state index in [0.29, 0.717) is 6.61 Å². The van der Waals surface area contributed by atoms with Gasteiger partial charge >= 0.3 is 6.09 Å². The summed E-state index contributed by atoms with van der Waals surface area (Å²) in [5, 5.41) is 0. The number of hydrogen-bond acceptors (Lipinski definition) is 3. The van der Waals surface area contributed by atoms with E-state index in [2.05, 4.69) is 36.4 Å². The van der Waals surface area contributed by atoms with E-state index in [0.717, 1.165) is 50.0 Å². The number of benzene rings is 2. The molecular formula is C25H33NO3. The molecule has 0 aromatic heterocycles. The van der Waals surface area contributed by atoms with Crippen LogP contribution in [-0.4, -0.2) is 29.7 Å². The van der Waals surface area contributed by atoms with Crippen LogP contribution < -0.4 is 4.74 Å². The second kappa shape index (κ2) is 9.82. The van der Waals surface area contributed by atoms with Crippen molar-refractivity contribution in [3.63, 3.8) is 0 Å². The van der Waals surface area contributed by atoms with Crippen LogP contribution in [0.5, 0.6) is 5.75 Å². The van der Waals surface area contributed by atoms with Crippen molar-refractivity contribution in [1.29, 1.82) is 0 Å². The molecule has 1 heterocycles. The molecule has 0 aliphatic carbocycles. The molecule has 1 aliphatic heterocycles. The molecule has 2 aromatic rings. The van der Waals surface area contributed by atoms with E-state index < -0.39 is 5.60 Å². The molecule has 29 heavy (non-hydrogen) atoms. The number of likely N-dealkylation sites (tertiary alicyclic amines) is 1. The minimum absolute atomic E-state index is 0.0748. The van der Waals surface area contributed by atoms with Crippen LogP contribution in [0.25, 0.3) is 0 Å². The fraction of sp³-hybridized carbons (Fsp3) is 0.480. The highest BCUT2D eigenvalue weighted by molar-refractivity contribution is 5.69. The third kappa shape index (κ3) is 6.52. The fourth-order valence-corrected chi connectivity index (χ4v) is 3.71. The van der Waals surface area contributed by atoms with Crippen LogP contribution in [0.1, 0.15) is 63.6 Å². The van der Waals surface area contributed by atoms with Gasteiger partial charge in [0.05, 0.1) is 12.6 Å². The second-order valence-electron chi connectivity index (χ2n) is 8.69. The minimum Gasteiger partial charge on any atom is -0.494 e. The van der Waals surface area contributed by atoms with Gasteiger partial charge in [-0.1, -0.05) is 42.5 Å². The first-order valence-electron chi connectivity index (χ1n) is 10.7. The van der Waals surface area contributed by atoms with Crippen LogP contribution in [0.15, 0.2) is 54.6 Å². The third-order valence-electron chi connectivity index (χ3n) is 5.12. The highest BCUT2D eigenvalue weighted by Gasteiger charge is 2.31. The lowest BCUT2D eigenvalue weighted by Crippen LogP contribution is -2.41. The molecule has 3 rings (SSSR count). The zero-order valence-corrected chi connectivity index (χ0v) is 17.9. The summed E-state index contributed by atoms with van der Waals surface area (Å²) in [6, 6.07) is 18.7. The van der Waals surface area contributed by atoms with E-state index in [1.807, 2.05) is 43.9 Å². The number of hydrogen-bond donors (Lipinski definition) is 0. The maximum atomic E-state index is 12.6. The summed E-state index contributed by atoms with van der Waals surface area (Å²) in [6.07, 6.45) is 4.91. The summed E-state index contributed by atoms with van der Waals surface area (Å²) in [4.78, 5) is 14.5. The molecule has 1 amide bonds. The van der Waals surface area contributed by atoms with Gasteiger partial charge in [0.25, 0.3) is 0 Å². The summed E-state index contributed by atoms with van der Waals surface area (Å²) in [5.41, 5.74) is 2.01. The molecule has 156 valence electrons. The van der Waals surface area contributed by atoms with Gasteiger partial charge in [-0.05, 0) is 76.1 Å². The number of carbonyl (C=O) groups is 1. The lowest BCUT2D eigenvalue weighted by Gasteiger charge is -2.37. The maximum Gasteiger partial charge on any atom is 0.410 e. The Labute approximate surface area is 174 Å². The molecule has 0 spiro atoms. The van der Waals surface area contributed by atoms with Gasteiger partial charge < -0.3 is 14.4 Å². The summed E-state index contributed by atoms with van der Waals surface area (Å²) in [5.74, 6) is 0.876. The predicted molar refractivity (Wildman–Crippen MR) is 116 cm³/mol. The number of carbonyl (C=O) groups excluding carboxylic acids is 1. The van der Waals surface area contributed by atoms with E-state index in [4.69, 9.17) is 9.47 Å². The summed E-state index contributed by atoms with van der Waals surface area (Å²) >= 11 is 0. The number of ether oxygens (including phenoxy) is 2. The largest absolute Gasteiger partial charge is 0.494 e. The van der Waals surface area contributed by atoms with E-state index in [1.54, 1.807) is 0 Å². The quantitative estimate of drug-likeness (QED) is 0.550. The number of nitrogens with zero attached hydrogens (tertiary/aromatic N) is 1. The van der Waals surface area contributed by atoms with E-state index in [-0.39, 0.29) is 12.1 Å². The Kier molecular flexibility index (Phi) is 7.18. The molecule has 4 heteroatoms. The van der Waals surface area contributed by atoms with Crippen LogP contribution in [0, 0.1) is 0 Å². The van der Waals surface area contributed by atoms with Crippen molar-refractivity contribution in [2.75, 3.05) is 13.2 Å². The number of rotatable bonds is 6. The summed E-state index contributed by atoms with van der Waals surface area (Å²) < 4.78 is 11.5. The smallest absolute Gasteiger partial charge is 0.410 e. The Bertz CT molecular complexity index is 765. The molecule has 0 N–H and O–H groups in total. The Morgan fingerprint density at radius 2 is 1.76 bits per heavy atom. The maximum absolute atomic E-state index is 12.6. The number of piperidine rings is 1. The van der Waals surface area contributed by atoms with Gasteiger partial charge in [-0.15, -0.1) is 0 Å². The first-order valence-corrected chi connectivity index (χ1v) is 10.7. The molecule has 1 saturated heterocycles. The third-order valence-corrected chi connectivity index (χ3v) is 5.12. The van der Waals surface area contributed by atoms with Crippen molar-refractivity contribution in [3.8, 4) is 5.75 Å². The lowest BCUT2D eigenvalue weighted by molar-refractivity contribution is 0.00951. The van der Waals surface area contributed by atoms with Gasteiger partial charge in [0.1, 0.15) is 11.4 Å². The van der Waals surface area contributed by atoms with Crippen molar-refractivity contribution < 1.29 is 14.3 Å². The highest BCUT2D eigenvalue weighted by atomic mass is 16.6. The van der Waals surface area contributed by atoms with E-state index >= 15 is 0 Å². The van der Waals surface area contributed by atoms with Crippen molar-refractivity contribution in [3.05, 3.63) is 65.7 Å². The normalized spacial score (nSPS) is 17.1. The Hall–Kier alpha value is -2.49. The van der Waals surface area contributed by atoms with Crippen LogP contribution >= 0.6 is 0 Å². The van der Waals surface area contributed by atoms with E-state index in [9.17, 15) is 4.79 Å². The standard InChI is InChI=1S/C25H33NO3/c1-25(2,3)29-24(27)26-18-8-7-13-23(26)21-14-16-22(17-15-21)28-19-9-12-20-10-5-4-6-11-20/h4-6,10-11,14-17,23H,7-9,12-13,18-19H2,1-3H3. The average molecular weight is 396 g/mol. The van der Waals surface area contributed by atoms with Gasteiger partial charge in [0.2, 0.25) is 0 Å². The van der Waals surface area contributed by atoms with Crippen LogP contribution in [0.4, 0.5) is 4.79 Å². The first-order chi connectivity index (χ1) is 13.9. The second-order valence-corrected chi connectivity index (χ2v) is 8.69. The molecule has 2 aromatic carbocycles. The van der Waals surface area contributed by atoms with Gasteiger partial charge in [0.15, 0.2) is 0 Å². The van der Waals surface area contributed by atoms with Crippen LogP contribution in [0.2, 0.25) is 0 Å². The monoisotopic (exact) mass is 395 g/mol. The summed E-state index contributed by atoms with van der Waals surface area (Å²) in [7, 11) is 0. The molecule has 1 aliphatic rings. The minimum atomic E-state index is -0.476. The zero-order valence-electron chi connectivity index (χ0n) is 17.9. The molecule has 0 bridgehead atoms. The SMILES string of the molecule is CC(C)(C)OC(=O)N1CCCCC1c1ccc(OCCCc2ccccc2)cc1. The van der Waals surface area contributed by atoms with Crippen molar-refractivity contribution in [2.45, 2.75) is 64.5 Å². The lowest BCUT2D eigenvalue weighted by atomic mass is 9.95. The number of aryl methyl sites for hydroxylation is 1. The molecule has 1 unspecified atom stereocenters. The van der Waals surface area contributed by atoms with Crippen molar-refractivity contribution >= 4 is 6.09 Å². The first kappa shape index (κ1) is 21.2. The van der Waals surface area contributed by atoms with E-state index in [1.165, 1.54) is 5.56 Å². The Morgan fingerprint density at radius 3 is 2.45 bits per heavy atom. The molecule has 1 atom stereocenters. The highest BCUT2D eigenvalue weighted by Crippen LogP contribution is 2.33. The average Bonchev–Trinajstić information content (AvgIpc) is 2.71. The molecule has 4 nitrogen and oxygen atoms in total. The Balaban J connectivity index is 1.54. The summed E-state index contributed by atoms with van der Waals surface area (Å²) in [6.45, 7) is 7.17. The molecular weight excluding hydrogens is 362 g/mol. The van der Waals surface area contributed by atoms with Crippen LogP contribution in [-0.2, 0) is 11.2 Å². The van der Waals surface area contributed by atoms with Gasteiger partial charge in [-0.25, -0.2) is 4.79 Å².